The van der Waals surface area contributed by atoms with Crippen molar-refractivity contribution in [3.8, 4) is 0 Å². The van der Waals surface area contributed by atoms with E-state index < -0.39 is 5.60 Å². The number of nitrogens with zero attached hydrogens (tertiary/aromatic N) is 2. The minimum absolute atomic E-state index is 0.0480. The fourth-order valence-electron chi connectivity index (χ4n) is 2.80. The molecule has 1 rings (SSSR count). The highest BCUT2D eigenvalue weighted by molar-refractivity contribution is 5.80. The van der Waals surface area contributed by atoms with Crippen LogP contribution in [0.1, 0.15) is 48.0 Å². The molecule has 2 N–H and O–H groups in total. The molecule has 0 aromatic heterocycles. The fourth-order valence-corrected chi connectivity index (χ4v) is 2.80. The maximum Gasteiger partial charge on any atom is 0.407 e. The van der Waals surface area contributed by atoms with Crippen LogP contribution in [0.2, 0.25) is 0 Å². The van der Waals surface area contributed by atoms with Gasteiger partial charge in [-0.1, -0.05) is 20.8 Å². The van der Waals surface area contributed by atoms with Gasteiger partial charge in [0.05, 0.1) is 12.1 Å². The zero-order chi connectivity index (χ0) is 19.3. The number of aliphatic imine (C=N–C) groups is 1. The zero-order valence-electron chi connectivity index (χ0n) is 17.1. The van der Waals surface area contributed by atoms with Gasteiger partial charge >= 0.3 is 6.09 Å². The van der Waals surface area contributed by atoms with Crippen molar-refractivity contribution in [2.75, 3.05) is 33.8 Å². The van der Waals surface area contributed by atoms with Crippen molar-refractivity contribution < 1.29 is 14.3 Å². The minimum atomic E-state index is -0.484. The zero-order valence-corrected chi connectivity index (χ0v) is 17.1. The van der Waals surface area contributed by atoms with Gasteiger partial charge in [-0.2, -0.15) is 0 Å². The van der Waals surface area contributed by atoms with Crippen LogP contribution in [-0.2, 0) is 9.47 Å². The summed E-state index contributed by atoms with van der Waals surface area (Å²) >= 11 is 0. The quantitative estimate of drug-likeness (QED) is 0.597. The van der Waals surface area contributed by atoms with Gasteiger partial charge in [-0.3, -0.25) is 4.99 Å². The molecule has 7 nitrogen and oxygen atoms in total. The maximum atomic E-state index is 11.9. The normalized spacial score (nSPS) is 20.4. The van der Waals surface area contributed by atoms with Crippen LogP contribution >= 0.6 is 0 Å². The topological polar surface area (TPSA) is 75.2 Å². The Morgan fingerprint density at radius 2 is 1.92 bits per heavy atom. The molecule has 7 heteroatoms. The first-order valence-corrected chi connectivity index (χ1v) is 8.94. The van der Waals surface area contributed by atoms with Crippen LogP contribution in [0, 0.1) is 5.41 Å². The van der Waals surface area contributed by atoms with Gasteiger partial charge in [0.25, 0.3) is 0 Å². The number of carbonyl (C=O) groups excluding carboxylic acids is 1. The van der Waals surface area contributed by atoms with Gasteiger partial charge in [0, 0.05) is 33.8 Å². The third-order valence-electron chi connectivity index (χ3n) is 4.12. The molecule has 0 spiro atoms. The van der Waals surface area contributed by atoms with Crippen LogP contribution in [0.3, 0.4) is 0 Å². The van der Waals surface area contributed by atoms with E-state index in [1.165, 1.54) is 0 Å². The van der Waals surface area contributed by atoms with E-state index in [0.29, 0.717) is 13.1 Å². The predicted molar refractivity (Wildman–Crippen MR) is 101 cm³/mol. The Labute approximate surface area is 152 Å². The van der Waals surface area contributed by atoms with Crippen LogP contribution in [0.25, 0.3) is 0 Å². The standard InChI is InChI=1S/C18H36N4O3/c1-17(2,3)14(24-8)11-20-15(19-7)22-10-9-13(12-22)21-16(23)25-18(4,5)6/h13-14H,9-12H2,1-8H3,(H,19,20)(H,21,23). The molecule has 0 aromatic rings. The number of ether oxygens (including phenoxy) is 2. The summed E-state index contributed by atoms with van der Waals surface area (Å²) < 4.78 is 10.9. The largest absolute Gasteiger partial charge is 0.444 e. The summed E-state index contributed by atoms with van der Waals surface area (Å²) in [6, 6.07) is 0.0641. The van der Waals surface area contributed by atoms with E-state index in [-0.39, 0.29) is 23.7 Å². The molecule has 1 heterocycles. The number of nitrogens with one attached hydrogen (secondary N) is 2. The molecule has 1 saturated heterocycles. The maximum absolute atomic E-state index is 11.9. The van der Waals surface area contributed by atoms with E-state index in [0.717, 1.165) is 18.9 Å². The smallest absolute Gasteiger partial charge is 0.407 e. The number of alkyl carbamates (subject to hydrolysis) is 1. The number of hydrogen-bond donors (Lipinski definition) is 2. The van der Waals surface area contributed by atoms with Gasteiger partial charge < -0.3 is 25.0 Å². The number of carbonyl (C=O) groups is 1. The van der Waals surface area contributed by atoms with E-state index in [2.05, 4.69) is 41.3 Å². The van der Waals surface area contributed by atoms with Crippen LogP contribution < -0.4 is 10.6 Å². The van der Waals surface area contributed by atoms with E-state index in [1.54, 1.807) is 14.2 Å². The lowest BCUT2D eigenvalue weighted by Crippen LogP contribution is -2.47. The monoisotopic (exact) mass is 356 g/mol. The molecule has 0 aromatic carbocycles. The van der Waals surface area contributed by atoms with Gasteiger partial charge in [-0.25, -0.2) is 4.79 Å². The second-order valence-electron chi connectivity index (χ2n) is 8.60. The Balaban J connectivity index is 2.51. The molecule has 2 atom stereocenters. The highest BCUT2D eigenvalue weighted by Gasteiger charge is 2.29. The molecule has 0 radical (unpaired) electrons. The van der Waals surface area contributed by atoms with Crippen molar-refractivity contribution in [1.29, 1.82) is 0 Å². The van der Waals surface area contributed by atoms with Crippen molar-refractivity contribution >= 4 is 12.1 Å². The van der Waals surface area contributed by atoms with Gasteiger partial charge in [-0.05, 0) is 32.6 Å². The minimum Gasteiger partial charge on any atom is -0.444 e. The Kier molecular flexibility index (Phi) is 7.53. The summed E-state index contributed by atoms with van der Waals surface area (Å²) in [5.74, 6) is 0.833. The van der Waals surface area contributed by atoms with Gasteiger partial charge in [0.1, 0.15) is 5.60 Å². The molecule has 1 fully saturated rings. The first-order chi connectivity index (χ1) is 11.5. The summed E-state index contributed by atoms with van der Waals surface area (Å²) in [5, 5.41) is 6.32. The van der Waals surface area contributed by atoms with Gasteiger partial charge in [0.2, 0.25) is 0 Å². The lowest BCUT2D eigenvalue weighted by atomic mass is 9.89. The molecule has 1 amide bonds. The van der Waals surface area contributed by atoms with Crippen molar-refractivity contribution in [2.45, 2.75) is 65.7 Å². The van der Waals surface area contributed by atoms with E-state index in [1.807, 2.05) is 20.8 Å². The molecular formula is C18H36N4O3. The van der Waals surface area contributed by atoms with E-state index in [4.69, 9.17) is 9.47 Å². The Bertz CT molecular complexity index is 466. The Morgan fingerprint density at radius 1 is 1.28 bits per heavy atom. The third kappa shape index (κ3) is 7.50. The number of hydrogen-bond acceptors (Lipinski definition) is 4. The lowest BCUT2D eigenvalue weighted by molar-refractivity contribution is 0.0202. The molecule has 146 valence electrons. The predicted octanol–water partition coefficient (Wildman–Crippen LogP) is 2.22. The average Bonchev–Trinajstić information content (AvgIpc) is 2.88. The summed E-state index contributed by atoms with van der Waals surface area (Å²) in [6.07, 6.45) is 0.587. The molecular weight excluding hydrogens is 320 g/mol. The SMILES string of the molecule is CN=C(NCC(OC)C(C)(C)C)N1CCC(NC(=O)OC(C)(C)C)C1. The van der Waals surface area contributed by atoms with Crippen molar-refractivity contribution in [3.63, 3.8) is 0 Å². The third-order valence-corrected chi connectivity index (χ3v) is 4.12. The number of likely N-dealkylation sites (tertiary alicyclic amines) is 1. The average molecular weight is 357 g/mol. The summed E-state index contributed by atoms with van der Waals surface area (Å²) in [7, 11) is 3.51. The summed E-state index contributed by atoms with van der Waals surface area (Å²) in [4.78, 5) is 18.4. The van der Waals surface area contributed by atoms with Crippen LogP contribution in [0.5, 0.6) is 0 Å². The number of rotatable bonds is 4. The highest BCUT2D eigenvalue weighted by Crippen LogP contribution is 2.21. The van der Waals surface area contributed by atoms with Gasteiger partial charge in [-0.15, -0.1) is 0 Å². The van der Waals surface area contributed by atoms with Gasteiger partial charge in [0.15, 0.2) is 5.96 Å². The van der Waals surface area contributed by atoms with E-state index >= 15 is 0 Å². The molecule has 0 bridgehead atoms. The summed E-state index contributed by atoms with van der Waals surface area (Å²) in [6.45, 7) is 14.3. The van der Waals surface area contributed by atoms with Crippen molar-refractivity contribution in [1.82, 2.24) is 15.5 Å². The molecule has 25 heavy (non-hydrogen) atoms. The second-order valence-corrected chi connectivity index (χ2v) is 8.60. The summed E-state index contributed by atoms with van der Waals surface area (Å²) in [5.41, 5.74) is -0.436. The lowest BCUT2D eigenvalue weighted by Gasteiger charge is -2.31. The molecule has 0 saturated carbocycles. The van der Waals surface area contributed by atoms with Crippen molar-refractivity contribution in [3.05, 3.63) is 0 Å². The van der Waals surface area contributed by atoms with Crippen molar-refractivity contribution in [2.24, 2.45) is 10.4 Å². The van der Waals surface area contributed by atoms with E-state index in [9.17, 15) is 4.79 Å². The highest BCUT2D eigenvalue weighted by atomic mass is 16.6. The Morgan fingerprint density at radius 3 is 2.40 bits per heavy atom. The van der Waals surface area contributed by atoms with Crippen LogP contribution in [0.4, 0.5) is 4.79 Å². The molecule has 1 aliphatic heterocycles. The first-order valence-electron chi connectivity index (χ1n) is 8.94. The molecule has 2 unspecified atom stereocenters. The molecule has 0 aliphatic carbocycles. The number of methoxy groups -OCH3 is 1. The van der Waals surface area contributed by atoms with Crippen LogP contribution in [0.15, 0.2) is 4.99 Å². The van der Waals surface area contributed by atoms with Crippen LogP contribution in [-0.4, -0.2) is 68.5 Å². The second kappa shape index (κ2) is 8.74. The number of guanidine groups is 1. The first kappa shape index (κ1) is 21.5. The fraction of sp³-hybridized carbons (Fsp3) is 0.889. The number of amides is 1. The Hall–Kier alpha value is -1.50. The molecule has 1 aliphatic rings.